The van der Waals surface area contributed by atoms with Crippen molar-refractivity contribution in [3.05, 3.63) is 48.3 Å². The van der Waals surface area contributed by atoms with Gasteiger partial charge in [-0.15, -0.1) is 0 Å². The van der Waals surface area contributed by atoms with E-state index < -0.39 is 6.43 Å². The first-order chi connectivity index (χ1) is 8.25. The Labute approximate surface area is 98.1 Å². The van der Waals surface area contributed by atoms with Gasteiger partial charge in [0.2, 0.25) is 0 Å². The zero-order valence-electron chi connectivity index (χ0n) is 9.18. The van der Waals surface area contributed by atoms with Crippen molar-refractivity contribution in [2.24, 2.45) is 0 Å². The van der Waals surface area contributed by atoms with Crippen LogP contribution in [0.3, 0.4) is 0 Å². The van der Waals surface area contributed by atoms with E-state index in [2.05, 4.69) is 10.4 Å². The molecule has 1 N–H and O–H groups in total. The van der Waals surface area contributed by atoms with Crippen LogP contribution >= 0.6 is 0 Å². The number of alkyl halides is 2. The molecule has 2 rings (SSSR count). The van der Waals surface area contributed by atoms with E-state index in [0.29, 0.717) is 6.54 Å². The van der Waals surface area contributed by atoms with Crippen LogP contribution in [-0.4, -0.2) is 22.8 Å². The van der Waals surface area contributed by atoms with Crippen molar-refractivity contribution in [3.63, 3.8) is 0 Å². The minimum atomic E-state index is -2.32. The summed E-state index contributed by atoms with van der Waals surface area (Å²) in [7, 11) is 0. The van der Waals surface area contributed by atoms with Crippen molar-refractivity contribution in [1.29, 1.82) is 0 Å². The average Bonchev–Trinajstić information content (AvgIpc) is 2.78. The summed E-state index contributed by atoms with van der Waals surface area (Å²) < 4.78 is 25.6. The molecule has 1 aromatic heterocycles. The lowest BCUT2D eigenvalue weighted by molar-refractivity contribution is 0.145. The molecule has 3 nitrogen and oxygen atoms in total. The smallest absolute Gasteiger partial charge is 0.250 e. The molecule has 0 atom stereocenters. The van der Waals surface area contributed by atoms with Gasteiger partial charge in [-0.3, -0.25) is 0 Å². The number of hydrogen-bond acceptors (Lipinski definition) is 2. The van der Waals surface area contributed by atoms with Crippen LogP contribution in [-0.2, 0) is 6.54 Å². The predicted molar refractivity (Wildman–Crippen MR) is 61.3 cm³/mol. The first-order valence-corrected chi connectivity index (χ1v) is 5.33. The summed E-state index contributed by atoms with van der Waals surface area (Å²) in [6.07, 6.45) is 1.18. The van der Waals surface area contributed by atoms with E-state index in [1.165, 1.54) is 0 Å². The second-order valence-corrected chi connectivity index (χ2v) is 3.65. The molecule has 2 aromatic rings. The van der Waals surface area contributed by atoms with Gasteiger partial charge in [0.1, 0.15) is 0 Å². The molecule has 1 aromatic carbocycles. The maximum atomic E-state index is 11.9. The molecule has 0 radical (unpaired) electrons. The van der Waals surface area contributed by atoms with Crippen molar-refractivity contribution in [2.45, 2.75) is 13.0 Å². The first-order valence-electron chi connectivity index (χ1n) is 5.33. The van der Waals surface area contributed by atoms with E-state index in [4.69, 9.17) is 0 Å². The normalized spacial score (nSPS) is 11.0. The highest BCUT2D eigenvalue weighted by atomic mass is 19.3. The van der Waals surface area contributed by atoms with E-state index in [1.54, 1.807) is 10.9 Å². The predicted octanol–water partition coefficient (Wildman–Crippen LogP) is 2.23. The summed E-state index contributed by atoms with van der Waals surface area (Å²) >= 11 is 0. The molecule has 0 unspecified atom stereocenters. The maximum absolute atomic E-state index is 11.9. The van der Waals surface area contributed by atoms with Crippen LogP contribution in [0.5, 0.6) is 0 Å². The van der Waals surface area contributed by atoms with Crippen LogP contribution in [0.1, 0.15) is 5.56 Å². The molecule has 0 fully saturated rings. The number of halogens is 2. The van der Waals surface area contributed by atoms with Crippen LogP contribution < -0.4 is 5.32 Å². The van der Waals surface area contributed by atoms with Gasteiger partial charge in [0, 0.05) is 18.3 Å². The van der Waals surface area contributed by atoms with E-state index in [-0.39, 0.29) is 6.54 Å². The molecule has 0 aliphatic rings. The maximum Gasteiger partial charge on any atom is 0.250 e. The number of aromatic nitrogens is 2. The van der Waals surface area contributed by atoms with Crippen LogP contribution in [0.15, 0.2) is 42.7 Å². The van der Waals surface area contributed by atoms with Gasteiger partial charge in [0.05, 0.1) is 18.4 Å². The monoisotopic (exact) mass is 237 g/mol. The summed E-state index contributed by atoms with van der Waals surface area (Å²) in [5.41, 5.74) is 1.84. The lowest BCUT2D eigenvalue weighted by Gasteiger charge is -2.01. The van der Waals surface area contributed by atoms with Gasteiger partial charge >= 0.3 is 0 Å². The number of benzene rings is 1. The summed E-state index contributed by atoms with van der Waals surface area (Å²) in [5.74, 6) is 0. The van der Waals surface area contributed by atoms with Gasteiger partial charge < -0.3 is 5.32 Å². The van der Waals surface area contributed by atoms with E-state index in [9.17, 15) is 8.78 Å². The fourth-order valence-corrected chi connectivity index (χ4v) is 1.50. The molecule has 0 saturated carbocycles. The van der Waals surface area contributed by atoms with E-state index in [0.717, 1.165) is 11.3 Å². The molecule has 0 aliphatic carbocycles. The van der Waals surface area contributed by atoms with Gasteiger partial charge in [-0.05, 0) is 12.1 Å². The molecule has 0 aliphatic heterocycles. The van der Waals surface area contributed by atoms with Crippen LogP contribution in [0.25, 0.3) is 5.69 Å². The largest absolute Gasteiger partial charge is 0.307 e. The lowest BCUT2D eigenvalue weighted by Crippen LogP contribution is -2.20. The van der Waals surface area contributed by atoms with Crippen LogP contribution in [0, 0.1) is 0 Å². The third kappa shape index (κ3) is 3.35. The molecule has 17 heavy (non-hydrogen) atoms. The Balaban J connectivity index is 1.97. The molecule has 0 amide bonds. The van der Waals surface area contributed by atoms with Crippen molar-refractivity contribution in [3.8, 4) is 5.69 Å². The highest BCUT2D eigenvalue weighted by Gasteiger charge is 2.03. The standard InChI is InChI=1S/C12H13F2N3/c13-12(14)8-15-6-10-7-16-17(9-10)11-4-2-1-3-5-11/h1-5,7,9,12,15H,6,8H2. The minimum Gasteiger partial charge on any atom is -0.307 e. The second kappa shape index (κ2) is 5.54. The fourth-order valence-electron chi connectivity index (χ4n) is 1.50. The number of para-hydroxylation sites is 1. The zero-order valence-corrected chi connectivity index (χ0v) is 9.18. The summed E-state index contributed by atoms with van der Waals surface area (Å²) in [6.45, 7) is 0.105. The number of nitrogens with one attached hydrogen (secondary N) is 1. The highest BCUT2D eigenvalue weighted by Crippen LogP contribution is 2.07. The highest BCUT2D eigenvalue weighted by molar-refractivity contribution is 5.30. The van der Waals surface area contributed by atoms with Crippen molar-refractivity contribution < 1.29 is 8.78 Å². The molecule has 5 heteroatoms. The molecular formula is C12H13F2N3. The Kier molecular flexibility index (Phi) is 3.82. The van der Waals surface area contributed by atoms with E-state index in [1.807, 2.05) is 36.5 Å². The second-order valence-electron chi connectivity index (χ2n) is 3.65. The van der Waals surface area contributed by atoms with E-state index >= 15 is 0 Å². The Morgan fingerprint density at radius 2 is 2.00 bits per heavy atom. The summed E-state index contributed by atoms with van der Waals surface area (Å²) in [5, 5.41) is 6.84. The van der Waals surface area contributed by atoms with Gasteiger partial charge in [-0.25, -0.2) is 13.5 Å². The molecular weight excluding hydrogens is 224 g/mol. The Morgan fingerprint density at radius 1 is 1.24 bits per heavy atom. The van der Waals surface area contributed by atoms with Crippen molar-refractivity contribution >= 4 is 0 Å². The molecule has 0 spiro atoms. The number of nitrogens with zero attached hydrogens (tertiary/aromatic N) is 2. The lowest BCUT2D eigenvalue weighted by atomic mass is 10.3. The molecule has 90 valence electrons. The summed E-state index contributed by atoms with van der Waals surface area (Å²) in [6, 6.07) is 9.64. The van der Waals surface area contributed by atoms with Gasteiger partial charge in [0.25, 0.3) is 6.43 Å². The van der Waals surface area contributed by atoms with Crippen molar-refractivity contribution in [2.75, 3.05) is 6.54 Å². The Bertz CT molecular complexity index is 454. The Morgan fingerprint density at radius 3 is 2.71 bits per heavy atom. The number of hydrogen-bond donors (Lipinski definition) is 1. The SMILES string of the molecule is FC(F)CNCc1cnn(-c2ccccc2)c1. The zero-order chi connectivity index (χ0) is 12.1. The van der Waals surface area contributed by atoms with Gasteiger partial charge in [-0.2, -0.15) is 5.10 Å². The third-order valence-corrected chi connectivity index (χ3v) is 2.28. The fraction of sp³-hybridized carbons (Fsp3) is 0.250. The quantitative estimate of drug-likeness (QED) is 0.864. The minimum absolute atomic E-state index is 0.295. The average molecular weight is 237 g/mol. The third-order valence-electron chi connectivity index (χ3n) is 2.28. The van der Waals surface area contributed by atoms with Gasteiger partial charge in [0.15, 0.2) is 0 Å². The summed E-state index contributed by atoms with van der Waals surface area (Å²) in [4.78, 5) is 0. The molecule has 0 bridgehead atoms. The first kappa shape index (κ1) is 11.7. The van der Waals surface area contributed by atoms with Crippen LogP contribution in [0.4, 0.5) is 8.78 Å². The Hall–Kier alpha value is -1.75. The molecule has 0 saturated heterocycles. The van der Waals surface area contributed by atoms with Gasteiger partial charge in [-0.1, -0.05) is 18.2 Å². The molecule has 1 heterocycles. The topological polar surface area (TPSA) is 29.9 Å². The van der Waals surface area contributed by atoms with Crippen LogP contribution in [0.2, 0.25) is 0 Å². The number of rotatable bonds is 5. The van der Waals surface area contributed by atoms with Crippen molar-refractivity contribution in [1.82, 2.24) is 15.1 Å².